The van der Waals surface area contributed by atoms with E-state index in [9.17, 15) is 17.6 Å². The molecule has 0 saturated heterocycles. The van der Waals surface area contributed by atoms with Crippen LogP contribution in [0.1, 0.15) is 16.7 Å². The molecule has 1 aliphatic rings. The van der Waals surface area contributed by atoms with E-state index in [1.54, 1.807) is 6.21 Å². The molecule has 0 atom stereocenters. The Morgan fingerprint density at radius 2 is 1.69 bits per heavy atom. The molecule has 1 N–H and O–H groups in total. The molecule has 4 aromatic carbocycles. The quantitative estimate of drug-likeness (QED) is 0.247. The maximum atomic E-state index is 13.6. The number of rotatable bonds is 9. The highest BCUT2D eigenvalue weighted by atomic mass is 32.2. The summed E-state index contributed by atoms with van der Waals surface area (Å²) in [5.74, 6) is -0.663. The van der Waals surface area contributed by atoms with Crippen LogP contribution in [0.2, 0.25) is 0 Å². The minimum absolute atomic E-state index is 0.109. The number of nitrogens with zero attached hydrogens (tertiary/aromatic N) is 2. The number of aryl methyl sites for hydroxylation is 2. The van der Waals surface area contributed by atoms with Gasteiger partial charge in [0.1, 0.15) is 12.4 Å². The molecule has 8 nitrogen and oxygen atoms in total. The molecular weight excluding hydrogens is 521 g/mol. The van der Waals surface area contributed by atoms with Crippen LogP contribution in [-0.2, 0) is 27.7 Å². The van der Waals surface area contributed by atoms with Crippen molar-refractivity contribution in [2.75, 3.05) is 25.1 Å². The Kier molecular flexibility index (Phi) is 7.21. The minimum atomic E-state index is -4.27. The number of halogens is 1. The second-order valence-corrected chi connectivity index (χ2v) is 10.8. The summed E-state index contributed by atoms with van der Waals surface area (Å²) in [7, 11) is -1.44. The highest BCUT2D eigenvalue weighted by Gasteiger charge is 2.28. The Morgan fingerprint density at radius 3 is 2.41 bits per heavy atom. The molecular formula is C29H26FN3O5S. The van der Waals surface area contributed by atoms with Crippen molar-refractivity contribution < 1.29 is 27.1 Å². The molecule has 0 radical (unpaired) electrons. The molecule has 39 heavy (non-hydrogen) atoms. The number of nitrogens with one attached hydrogen (secondary N) is 1. The Hall–Kier alpha value is -4.44. The third-order valence-electron chi connectivity index (χ3n) is 6.65. The molecule has 1 aliphatic carbocycles. The van der Waals surface area contributed by atoms with Crippen LogP contribution in [0.25, 0.3) is 10.8 Å². The summed E-state index contributed by atoms with van der Waals surface area (Å²) in [4.78, 5) is 12.8. The normalized spacial score (nSPS) is 12.6. The van der Waals surface area contributed by atoms with E-state index >= 15 is 0 Å². The summed E-state index contributed by atoms with van der Waals surface area (Å²) in [5, 5.41) is 6.36. The minimum Gasteiger partial charge on any atom is -0.493 e. The summed E-state index contributed by atoms with van der Waals surface area (Å²) < 4.78 is 52.2. The smallest absolute Gasteiger partial charge is 0.264 e. The molecule has 0 spiro atoms. The van der Waals surface area contributed by atoms with Crippen LogP contribution >= 0.6 is 0 Å². The number of amides is 1. The molecule has 200 valence electrons. The lowest BCUT2D eigenvalue weighted by Gasteiger charge is -2.24. The summed E-state index contributed by atoms with van der Waals surface area (Å²) in [6, 6.07) is 19.1. The number of hydrogen-bond donors (Lipinski definition) is 1. The molecule has 0 heterocycles. The maximum Gasteiger partial charge on any atom is 0.264 e. The molecule has 1 amide bonds. The Labute approximate surface area is 225 Å². The number of methoxy groups -OCH3 is 2. The molecule has 0 fully saturated rings. The summed E-state index contributed by atoms with van der Waals surface area (Å²) in [6.07, 6.45) is 3.54. The summed E-state index contributed by atoms with van der Waals surface area (Å²) in [5.41, 5.74) is 5.95. The molecule has 0 saturated carbocycles. The lowest BCUT2D eigenvalue weighted by molar-refractivity contribution is -0.119. The first-order valence-corrected chi connectivity index (χ1v) is 13.6. The predicted octanol–water partition coefficient (Wildman–Crippen LogP) is 4.44. The lowest BCUT2D eigenvalue weighted by Crippen LogP contribution is -2.39. The van der Waals surface area contributed by atoms with Gasteiger partial charge in [-0.25, -0.2) is 18.2 Å². The van der Waals surface area contributed by atoms with Gasteiger partial charge in [-0.05, 0) is 71.1 Å². The van der Waals surface area contributed by atoms with Crippen LogP contribution in [0.5, 0.6) is 11.5 Å². The van der Waals surface area contributed by atoms with Crippen molar-refractivity contribution in [1.29, 1.82) is 0 Å². The maximum absolute atomic E-state index is 13.6. The van der Waals surface area contributed by atoms with E-state index in [0.29, 0.717) is 5.75 Å². The van der Waals surface area contributed by atoms with Gasteiger partial charge in [-0.3, -0.25) is 9.10 Å². The fourth-order valence-corrected chi connectivity index (χ4v) is 6.19. The molecule has 5 rings (SSSR count). The standard InChI is InChI=1S/C29H26FN3O5S/c1-37-26-15-14-24(16-27(26)38-2)39(35,36)33(23-12-10-22(30)11-13-23)18-28(34)32-31-17-21-9-8-20-7-6-19-4-3-5-25(21)29(19)20/h3-5,8-17H,6-7,18H2,1-2H3,(H,32,34)/b31-17-. The zero-order valence-electron chi connectivity index (χ0n) is 21.3. The average Bonchev–Trinajstić information content (AvgIpc) is 3.37. The van der Waals surface area contributed by atoms with Gasteiger partial charge in [0.05, 0.1) is 31.0 Å². The number of hydrogen-bond acceptors (Lipinski definition) is 6. The fraction of sp³-hybridized carbons (Fsp3) is 0.172. The van der Waals surface area contributed by atoms with Gasteiger partial charge in [0, 0.05) is 11.6 Å². The van der Waals surface area contributed by atoms with Crippen LogP contribution < -0.4 is 19.2 Å². The number of anilines is 1. The van der Waals surface area contributed by atoms with E-state index in [1.807, 2.05) is 18.2 Å². The van der Waals surface area contributed by atoms with Gasteiger partial charge >= 0.3 is 0 Å². The monoisotopic (exact) mass is 547 g/mol. The van der Waals surface area contributed by atoms with E-state index in [4.69, 9.17) is 9.47 Å². The second kappa shape index (κ2) is 10.7. The topological polar surface area (TPSA) is 97.3 Å². The summed E-state index contributed by atoms with van der Waals surface area (Å²) in [6.45, 7) is -0.594. The van der Waals surface area contributed by atoms with Crippen LogP contribution in [-0.4, -0.2) is 41.3 Å². The van der Waals surface area contributed by atoms with Gasteiger partial charge in [0.15, 0.2) is 11.5 Å². The molecule has 0 aromatic heterocycles. The van der Waals surface area contributed by atoms with Crippen LogP contribution in [0.15, 0.2) is 82.8 Å². The first-order chi connectivity index (χ1) is 18.8. The zero-order chi connectivity index (χ0) is 27.6. The van der Waals surface area contributed by atoms with Crippen LogP contribution in [0.4, 0.5) is 10.1 Å². The number of hydrazone groups is 1. The largest absolute Gasteiger partial charge is 0.493 e. The number of sulfonamides is 1. The molecule has 10 heteroatoms. The SMILES string of the molecule is COc1ccc(S(=O)(=O)N(CC(=O)N/N=C\c2ccc3c4c(cccc24)CC3)c2ccc(F)cc2)cc1OC. The van der Waals surface area contributed by atoms with Crippen molar-refractivity contribution in [3.05, 3.63) is 95.3 Å². The lowest BCUT2D eigenvalue weighted by atomic mass is 10.0. The van der Waals surface area contributed by atoms with Crippen molar-refractivity contribution in [2.45, 2.75) is 17.7 Å². The van der Waals surface area contributed by atoms with Crippen molar-refractivity contribution in [3.8, 4) is 11.5 Å². The van der Waals surface area contributed by atoms with Crippen molar-refractivity contribution in [2.24, 2.45) is 5.10 Å². The van der Waals surface area contributed by atoms with Crippen molar-refractivity contribution in [3.63, 3.8) is 0 Å². The van der Waals surface area contributed by atoms with Gasteiger partial charge in [-0.1, -0.05) is 30.3 Å². The summed E-state index contributed by atoms with van der Waals surface area (Å²) >= 11 is 0. The number of ether oxygens (including phenoxy) is 2. The van der Waals surface area contributed by atoms with Gasteiger partial charge in [-0.15, -0.1) is 0 Å². The van der Waals surface area contributed by atoms with E-state index < -0.39 is 28.3 Å². The van der Waals surface area contributed by atoms with E-state index in [0.717, 1.165) is 40.2 Å². The Bertz CT molecular complexity index is 1680. The molecule has 0 unspecified atom stereocenters. The predicted molar refractivity (Wildman–Crippen MR) is 148 cm³/mol. The number of carbonyl (C=O) groups excluding carboxylic acids is 1. The van der Waals surface area contributed by atoms with Gasteiger partial charge in [-0.2, -0.15) is 5.10 Å². The van der Waals surface area contributed by atoms with Crippen LogP contribution in [0, 0.1) is 5.82 Å². The molecule has 0 bridgehead atoms. The van der Waals surface area contributed by atoms with Crippen molar-refractivity contribution in [1.82, 2.24) is 5.43 Å². The molecule has 4 aromatic rings. The number of benzene rings is 4. The Balaban J connectivity index is 1.41. The van der Waals surface area contributed by atoms with Crippen LogP contribution in [0.3, 0.4) is 0 Å². The third kappa shape index (κ3) is 5.15. The molecule has 0 aliphatic heterocycles. The highest BCUT2D eigenvalue weighted by molar-refractivity contribution is 7.92. The first-order valence-electron chi connectivity index (χ1n) is 12.2. The fourth-order valence-electron chi connectivity index (χ4n) is 4.75. The zero-order valence-corrected chi connectivity index (χ0v) is 22.2. The van der Waals surface area contributed by atoms with E-state index in [2.05, 4.69) is 22.7 Å². The van der Waals surface area contributed by atoms with Gasteiger partial charge in [0.25, 0.3) is 15.9 Å². The van der Waals surface area contributed by atoms with E-state index in [-0.39, 0.29) is 16.3 Å². The third-order valence-corrected chi connectivity index (χ3v) is 8.42. The number of carbonyl (C=O) groups is 1. The van der Waals surface area contributed by atoms with Gasteiger partial charge in [0.2, 0.25) is 0 Å². The second-order valence-electron chi connectivity index (χ2n) is 8.95. The first kappa shape index (κ1) is 26.2. The van der Waals surface area contributed by atoms with Crippen molar-refractivity contribution >= 4 is 38.6 Å². The van der Waals surface area contributed by atoms with Gasteiger partial charge < -0.3 is 9.47 Å². The van der Waals surface area contributed by atoms with E-state index in [1.165, 1.54) is 61.1 Å². The highest BCUT2D eigenvalue weighted by Crippen LogP contribution is 2.33. The Morgan fingerprint density at radius 1 is 0.974 bits per heavy atom. The average molecular weight is 548 g/mol.